The van der Waals surface area contributed by atoms with Gasteiger partial charge < -0.3 is 90.7 Å². The summed E-state index contributed by atoms with van der Waals surface area (Å²) >= 11 is 0. The maximum Gasteiger partial charge on any atom is 0.433 e. The fraction of sp³-hybridized carbons (Fsp3) is 0.491. The standard InChI is InChI=1S/C24H36O6P2.C23H28O5P2.C22H39NO6P2.C19H26O5P2.C18H31NO9P2/c1-17(2)27-31(25,28-18(3)4)24(32(26,29-19(5)6)30-20(7)8)16-22-14-11-13-21-12-9-10-15-23(21)22;1-5-26-29(4,24)23(30(25,27-6-2)28-7-3)17-22-20-14-10-8-12-18(20)16-19-13-9-11-15-21(19)22;1-16(2)26-30(24,27-17(3)4)22(31(25,28-18(5)6)29-19(7)8)15-20-11-13-21(14-12-20)23(9)10;1-5-22-25(4,20)19(26(21,23-6-2)24-7-3)15-17-13-10-12-16-11-8-9-14-18(16)17;1-12(2)25-29(22,26-13(3)4)18(11-16-9-10-17(24-16)19(20)21)30(23,27-14(5)6)28-15(7)8/h9-20H,1-8H3;8-17H,5-7H2,1-4H3;11-19H,1-10H3;8-15H,5-7H2,1-4H3;9-15H,1-8H3/b;23-17+;;19-15+;. The number of nitrogens with zero attached hydrogens (tertiary/aromatic N) is 2. The largest absolute Gasteiger partial charge is 0.433 e. The van der Waals surface area contributed by atoms with E-state index in [1.165, 1.54) is 19.4 Å². The van der Waals surface area contributed by atoms with Gasteiger partial charge in [0.05, 0.1) is 119 Å². The van der Waals surface area contributed by atoms with E-state index in [-0.39, 0.29) is 70.7 Å². The first-order valence-corrected chi connectivity index (χ1v) is 66.5. The van der Waals surface area contributed by atoms with Gasteiger partial charge in [-0.3, -0.25) is 55.8 Å². The second-order valence-electron chi connectivity index (χ2n) is 37.3. The van der Waals surface area contributed by atoms with Gasteiger partial charge in [0, 0.05) is 39.2 Å². The molecule has 2 unspecified atom stereocenters. The Bertz CT molecular complexity index is 6230. The first kappa shape index (κ1) is 133. The molecule has 8 aromatic carbocycles. The summed E-state index contributed by atoms with van der Waals surface area (Å²) in [6.07, 6.45) is 1.86. The van der Waals surface area contributed by atoms with E-state index in [2.05, 4.69) is 6.07 Å². The van der Waals surface area contributed by atoms with E-state index < -0.39 is 160 Å². The molecule has 0 fully saturated rings. The molecule has 1 aromatic heterocycles. The lowest BCUT2D eigenvalue weighted by atomic mass is 9.97. The van der Waals surface area contributed by atoms with Crippen molar-refractivity contribution in [3.8, 4) is 0 Å². The van der Waals surface area contributed by atoms with Crippen molar-refractivity contribution in [3.63, 3.8) is 0 Å². The molecule has 43 heteroatoms. The van der Waals surface area contributed by atoms with Gasteiger partial charge in [0.15, 0.2) is 15.2 Å². The highest BCUT2D eigenvalue weighted by Gasteiger charge is 2.52. The second kappa shape index (κ2) is 60.8. The maximum atomic E-state index is 14.2. The van der Waals surface area contributed by atoms with E-state index in [1.807, 2.05) is 177 Å². The minimum Gasteiger partial charge on any atom is -0.401 e. The second-order valence-corrected chi connectivity index (χ2v) is 59.3. The third kappa shape index (κ3) is 40.6. The van der Waals surface area contributed by atoms with Gasteiger partial charge in [-0.05, 0) is 322 Å². The average molecular weight is 2270 g/mol. The van der Waals surface area contributed by atoms with Crippen LogP contribution in [0.4, 0.5) is 11.6 Å². The zero-order valence-corrected chi connectivity index (χ0v) is 102. The summed E-state index contributed by atoms with van der Waals surface area (Å²) in [7, 11) is -35.2. The fourth-order valence-electron chi connectivity index (χ4n) is 14.6. The SMILES string of the molecule is CC(C)OP(=O)(OC(C)C)C(=Cc1ccc(N(C)C)cc1)P(=O)(OC(C)C)OC(C)C.CC(C)OP(=O)(OC(C)C)C(=Cc1ccc([N+](=O)[O-])o1)P(=O)(OC(C)C)OC(C)C.CC(C)OP(=O)(OC(C)C)C(=Cc1cccc2ccccc12)P(=O)(OC(C)C)OC(C)C.CCOP(C)(=O)/C(=C\c1c2ccccc2cc2ccccc12)P(=O)(OCC)OCC.CCOP(C)(=O)/C(=C\c1cccc2ccccc12)P(=O)(OCC)OCC. The molecule has 0 bridgehead atoms. The summed E-state index contributed by atoms with van der Waals surface area (Å²) < 4.78 is 245. The van der Waals surface area contributed by atoms with Gasteiger partial charge in [-0.25, -0.2) is 0 Å². The third-order valence-electron chi connectivity index (χ3n) is 19.3. The number of rotatable bonds is 53. The molecule has 0 aliphatic rings. The van der Waals surface area contributed by atoms with Crippen LogP contribution >= 0.6 is 75.5 Å². The number of anilines is 1. The van der Waals surface area contributed by atoms with Gasteiger partial charge in [0.1, 0.15) is 20.8 Å². The summed E-state index contributed by atoms with van der Waals surface area (Å²) in [5.74, 6) is -0.606. The Balaban J connectivity index is 0.000000328. The number of fused-ring (bicyclic) bond motifs is 4. The van der Waals surface area contributed by atoms with Crippen LogP contribution in [0.5, 0.6) is 0 Å². The molecule has 0 aliphatic heterocycles. The van der Waals surface area contributed by atoms with Crippen LogP contribution in [-0.2, 0) is 127 Å². The van der Waals surface area contributed by atoms with Gasteiger partial charge >= 0.3 is 66.7 Å². The van der Waals surface area contributed by atoms with E-state index in [1.54, 1.807) is 232 Å². The first-order valence-electron chi connectivity index (χ1n) is 50.0. The van der Waals surface area contributed by atoms with Crippen molar-refractivity contribution in [2.24, 2.45) is 0 Å². The number of furan rings is 1. The van der Waals surface area contributed by atoms with Crippen LogP contribution in [0, 0.1) is 10.1 Å². The highest BCUT2D eigenvalue weighted by molar-refractivity contribution is 7.82. The van der Waals surface area contributed by atoms with Crippen molar-refractivity contribution < 1.29 is 136 Å². The van der Waals surface area contributed by atoms with Gasteiger partial charge in [-0.1, -0.05) is 146 Å². The zero-order chi connectivity index (χ0) is 112. The molecular formula is C106H160N2O31P10. The molecule has 0 spiro atoms. The minimum absolute atomic E-state index is 0.0726. The molecule has 9 rings (SSSR count). The Morgan fingerprint density at radius 2 is 0.537 bits per heavy atom. The minimum atomic E-state index is -4.24. The maximum absolute atomic E-state index is 14.2. The summed E-state index contributed by atoms with van der Waals surface area (Å²) in [6, 6.07) is 55.1. The lowest BCUT2D eigenvalue weighted by molar-refractivity contribution is -0.402. The van der Waals surface area contributed by atoms with E-state index in [0.717, 1.165) is 77.6 Å². The smallest absolute Gasteiger partial charge is 0.401 e. The van der Waals surface area contributed by atoms with E-state index >= 15 is 0 Å². The van der Waals surface area contributed by atoms with Crippen LogP contribution in [0.15, 0.2) is 206 Å². The molecule has 0 saturated carbocycles. The molecule has 0 saturated heterocycles. The summed E-state index contributed by atoms with van der Waals surface area (Å²) in [5, 5.41) is 18.5. The molecule has 0 aliphatic carbocycles. The quantitative estimate of drug-likeness (QED) is 0.0148. The van der Waals surface area contributed by atoms with Crippen molar-refractivity contribution in [2.45, 2.75) is 281 Å². The van der Waals surface area contributed by atoms with Crippen molar-refractivity contribution in [2.75, 3.05) is 72.0 Å². The highest BCUT2D eigenvalue weighted by Crippen LogP contribution is 2.80. The van der Waals surface area contributed by atoms with E-state index in [0.29, 0.717) is 5.56 Å². The van der Waals surface area contributed by atoms with Crippen molar-refractivity contribution in [1.82, 2.24) is 0 Å². The van der Waals surface area contributed by atoms with Gasteiger partial charge in [-0.2, -0.15) is 0 Å². The summed E-state index contributed by atoms with van der Waals surface area (Å²) in [6.45, 7) is 55.6. The Morgan fingerprint density at radius 3 is 0.805 bits per heavy atom. The van der Waals surface area contributed by atoms with Crippen molar-refractivity contribution in [3.05, 3.63) is 239 Å². The van der Waals surface area contributed by atoms with Gasteiger partial charge in [0.25, 0.3) is 0 Å². The average Bonchev–Trinajstić information content (AvgIpc) is 1.82. The monoisotopic (exact) mass is 2270 g/mol. The Kier molecular flexibility index (Phi) is 54.2. The Morgan fingerprint density at radius 1 is 0.289 bits per heavy atom. The molecule has 0 radical (unpaired) electrons. The summed E-state index contributed by atoms with van der Waals surface area (Å²) in [4.78, 5) is 12.2. The Hall–Kier alpha value is -6.44. The van der Waals surface area contributed by atoms with Crippen molar-refractivity contribution in [1.29, 1.82) is 0 Å². The number of nitro groups is 1. The van der Waals surface area contributed by atoms with Crippen LogP contribution in [0.1, 0.15) is 236 Å². The van der Waals surface area contributed by atoms with Gasteiger partial charge in [0.2, 0.25) is 14.7 Å². The lowest BCUT2D eigenvalue weighted by Gasteiger charge is -2.31. The molecule has 149 heavy (non-hydrogen) atoms. The zero-order valence-electron chi connectivity index (χ0n) is 92.8. The predicted molar refractivity (Wildman–Crippen MR) is 608 cm³/mol. The molecule has 33 nitrogen and oxygen atoms in total. The van der Waals surface area contributed by atoms with Crippen LogP contribution in [-0.4, -0.2) is 145 Å². The number of hydrogen-bond donors (Lipinski definition) is 0. The third-order valence-corrected chi connectivity index (χ3v) is 47.1. The van der Waals surface area contributed by atoms with Gasteiger partial charge in [-0.15, -0.1) is 0 Å². The van der Waals surface area contributed by atoms with Crippen LogP contribution in [0.25, 0.3) is 73.5 Å². The number of benzene rings is 8. The topological polar surface area (TPSA) is 396 Å². The predicted octanol–water partition coefficient (Wildman–Crippen LogP) is 35.8. The van der Waals surface area contributed by atoms with E-state index in [9.17, 15) is 55.8 Å². The molecule has 1 heterocycles. The highest BCUT2D eigenvalue weighted by atomic mass is 31.3. The lowest BCUT2D eigenvalue weighted by Crippen LogP contribution is -2.14. The first-order chi connectivity index (χ1) is 69.5. The molecular weight excluding hydrogens is 2110 g/mol. The molecule has 830 valence electrons. The molecule has 2 atom stereocenters. The normalized spacial score (nSPS) is 13.7. The molecule has 9 aromatic rings. The number of hydrogen-bond acceptors (Lipinski definition) is 32. The van der Waals surface area contributed by atoms with E-state index in [4.69, 9.17) is 85.8 Å². The summed E-state index contributed by atoms with van der Waals surface area (Å²) in [5.41, 5.74) is 4.01. The van der Waals surface area contributed by atoms with Crippen LogP contribution in [0.3, 0.4) is 0 Å². The molecule has 0 amide bonds. The Labute approximate surface area is 883 Å². The fourth-order valence-corrected chi connectivity index (χ4v) is 39.1. The molecule has 0 N–H and O–H groups in total. The van der Waals surface area contributed by atoms with Crippen LogP contribution < -0.4 is 4.90 Å². The van der Waals surface area contributed by atoms with Crippen molar-refractivity contribution >= 4 is 161 Å². The van der Waals surface area contributed by atoms with Crippen LogP contribution in [0.2, 0.25) is 0 Å².